The van der Waals surface area contributed by atoms with Crippen LogP contribution in [0.1, 0.15) is 17.3 Å². The number of benzene rings is 1. The lowest BCUT2D eigenvalue weighted by atomic mass is 10.1. The van der Waals surface area contributed by atoms with Crippen molar-refractivity contribution >= 4 is 23.1 Å². The molecule has 0 bridgehead atoms. The fourth-order valence-corrected chi connectivity index (χ4v) is 3.11. The number of carbonyl (C=O) groups excluding carboxylic acids is 1. The van der Waals surface area contributed by atoms with Crippen LogP contribution in [-0.4, -0.2) is 67.4 Å². The van der Waals surface area contributed by atoms with E-state index in [9.17, 15) is 4.79 Å². The molecule has 0 atom stereocenters. The Morgan fingerprint density at radius 3 is 2.77 bits per heavy atom. The van der Waals surface area contributed by atoms with E-state index in [1.165, 1.54) is 6.33 Å². The summed E-state index contributed by atoms with van der Waals surface area (Å²) in [6.45, 7) is 3.64. The van der Waals surface area contributed by atoms with Crippen LogP contribution in [0.5, 0.6) is 0 Å². The predicted octanol–water partition coefficient (Wildman–Crippen LogP) is 2.37. The first-order valence-electron chi connectivity index (χ1n) is 9.54. The third-order valence-electron chi connectivity index (χ3n) is 4.73. The van der Waals surface area contributed by atoms with E-state index in [0.29, 0.717) is 36.7 Å². The minimum atomic E-state index is -0.0245. The number of aromatic amines is 1. The number of likely N-dealkylation sites (N-methyl/N-ethyl adjacent to an activating group) is 1. The van der Waals surface area contributed by atoms with Crippen molar-refractivity contribution < 1.29 is 9.53 Å². The zero-order valence-electron chi connectivity index (χ0n) is 16.7. The number of ether oxygens (including phenoxy) is 1. The molecule has 10 heteroatoms. The molecule has 3 aromatic heterocycles. The van der Waals surface area contributed by atoms with Crippen molar-refractivity contribution in [1.82, 2.24) is 34.7 Å². The lowest BCUT2D eigenvalue weighted by molar-refractivity contribution is 0.0706. The molecule has 1 amide bonds. The highest BCUT2D eigenvalue weighted by molar-refractivity contribution is 5.94. The number of amides is 1. The summed E-state index contributed by atoms with van der Waals surface area (Å²) in [6.07, 6.45) is 6.66. The van der Waals surface area contributed by atoms with E-state index in [4.69, 9.17) is 4.74 Å². The van der Waals surface area contributed by atoms with Crippen molar-refractivity contribution in [2.75, 3.05) is 32.1 Å². The Morgan fingerprint density at radius 1 is 1.23 bits per heavy atom. The van der Waals surface area contributed by atoms with E-state index in [1.54, 1.807) is 47.2 Å². The second-order valence-electron chi connectivity index (χ2n) is 6.55. The molecule has 0 fully saturated rings. The van der Waals surface area contributed by atoms with E-state index >= 15 is 0 Å². The maximum absolute atomic E-state index is 12.6. The Kier molecular flexibility index (Phi) is 5.66. The Bertz CT molecular complexity index is 1120. The summed E-state index contributed by atoms with van der Waals surface area (Å²) in [5.41, 5.74) is 3.64. The summed E-state index contributed by atoms with van der Waals surface area (Å²) in [5.74, 6) is 0.539. The fourth-order valence-electron chi connectivity index (χ4n) is 3.11. The number of methoxy groups -OCH3 is 1. The van der Waals surface area contributed by atoms with E-state index in [-0.39, 0.29) is 5.91 Å². The van der Waals surface area contributed by atoms with Crippen molar-refractivity contribution in [3.05, 3.63) is 54.7 Å². The lowest BCUT2D eigenvalue weighted by Gasteiger charge is -2.20. The van der Waals surface area contributed by atoms with Gasteiger partial charge in [0.05, 0.1) is 24.7 Å². The van der Waals surface area contributed by atoms with E-state index < -0.39 is 0 Å². The van der Waals surface area contributed by atoms with Gasteiger partial charge >= 0.3 is 0 Å². The van der Waals surface area contributed by atoms with E-state index in [1.807, 2.05) is 19.1 Å². The molecule has 4 aromatic rings. The zero-order chi connectivity index (χ0) is 20.9. The van der Waals surface area contributed by atoms with Gasteiger partial charge in [-0.2, -0.15) is 10.2 Å². The van der Waals surface area contributed by atoms with Crippen LogP contribution >= 0.6 is 0 Å². The normalized spacial score (nSPS) is 11.0. The number of nitrogens with one attached hydrogen (secondary N) is 2. The van der Waals surface area contributed by atoms with Gasteiger partial charge in [-0.15, -0.1) is 0 Å². The molecule has 0 spiro atoms. The Labute approximate surface area is 172 Å². The Morgan fingerprint density at radius 2 is 2.07 bits per heavy atom. The van der Waals surface area contributed by atoms with Gasteiger partial charge in [-0.3, -0.25) is 9.89 Å². The van der Waals surface area contributed by atoms with Crippen molar-refractivity contribution in [1.29, 1.82) is 0 Å². The van der Waals surface area contributed by atoms with Crippen molar-refractivity contribution in [3.8, 4) is 11.3 Å². The molecule has 0 aliphatic carbocycles. The van der Waals surface area contributed by atoms with Gasteiger partial charge in [0.25, 0.3) is 5.91 Å². The lowest BCUT2D eigenvalue weighted by Crippen LogP contribution is -2.33. The first kappa shape index (κ1) is 19.5. The van der Waals surface area contributed by atoms with Crippen LogP contribution in [0.3, 0.4) is 0 Å². The van der Waals surface area contributed by atoms with Crippen LogP contribution in [0.4, 0.5) is 11.5 Å². The predicted molar refractivity (Wildman–Crippen MR) is 112 cm³/mol. The van der Waals surface area contributed by atoms with Crippen molar-refractivity contribution in [2.45, 2.75) is 6.92 Å². The van der Waals surface area contributed by atoms with Crippen LogP contribution in [0, 0.1) is 0 Å². The standard InChI is InChI=1S/C20H22N8O2/c1-3-27(8-9-30-2)20(29)14-4-6-16(7-5-14)26-18-19-22-13-25-28(19)17(12-21-18)15-10-23-24-11-15/h4-7,10-13H,3,8-9H2,1-2H3,(H,21,26)(H,23,24). The van der Waals surface area contributed by atoms with Crippen molar-refractivity contribution in [2.24, 2.45) is 0 Å². The Balaban J connectivity index is 1.54. The third-order valence-corrected chi connectivity index (χ3v) is 4.73. The number of aromatic nitrogens is 6. The van der Waals surface area contributed by atoms with Crippen LogP contribution in [0.2, 0.25) is 0 Å². The molecule has 1 aromatic carbocycles. The Hall–Kier alpha value is -3.79. The fraction of sp³-hybridized carbons (Fsp3) is 0.250. The average molecular weight is 406 g/mol. The van der Waals surface area contributed by atoms with Gasteiger partial charge in [-0.1, -0.05) is 0 Å². The second-order valence-corrected chi connectivity index (χ2v) is 6.55. The van der Waals surface area contributed by atoms with Crippen LogP contribution in [0.15, 0.2) is 49.2 Å². The molecule has 30 heavy (non-hydrogen) atoms. The molecule has 0 aliphatic rings. The number of nitrogens with zero attached hydrogens (tertiary/aromatic N) is 6. The number of fused-ring (bicyclic) bond motifs is 1. The molecular weight excluding hydrogens is 384 g/mol. The molecule has 0 aliphatic heterocycles. The number of hydrogen-bond donors (Lipinski definition) is 2. The summed E-state index contributed by atoms with van der Waals surface area (Å²) in [7, 11) is 1.63. The smallest absolute Gasteiger partial charge is 0.253 e. The molecule has 0 unspecified atom stereocenters. The largest absolute Gasteiger partial charge is 0.383 e. The van der Waals surface area contributed by atoms with E-state index in [0.717, 1.165) is 16.9 Å². The molecule has 0 saturated heterocycles. The zero-order valence-corrected chi connectivity index (χ0v) is 16.7. The van der Waals surface area contributed by atoms with Crippen LogP contribution in [0.25, 0.3) is 16.9 Å². The summed E-state index contributed by atoms with van der Waals surface area (Å²) >= 11 is 0. The molecule has 10 nitrogen and oxygen atoms in total. The number of rotatable bonds is 8. The first-order valence-corrected chi connectivity index (χ1v) is 9.54. The maximum Gasteiger partial charge on any atom is 0.253 e. The van der Waals surface area contributed by atoms with Gasteiger partial charge in [0.15, 0.2) is 11.5 Å². The highest BCUT2D eigenvalue weighted by Gasteiger charge is 2.15. The summed E-state index contributed by atoms with van der Waals surface area (Å²) in [4.78, 5) is 23.2. The maximum atomic E-state index is 12.6. The molecule has 0 radical (unpaired) electrons. The number of anilines is 2. The molecular formula is C20H22N8O2. The van der Waals surface area contributed by atoms with Crippen LogP contribution in [-0.2, 0) is 4.74 Å². The molecule has 0 saturated carbocycles. The topological polar surface area (TPSA) is 113 Å². The van der Waals surface area contributed by atoms with Gasteiger partial charge in [0.1, 0.15) is 6.33 Å². The number of hydrogen-bond acceptors (Lipinski definition) is 7. The summed E-state index contributed by atoms with van der Waals surface area (Å²) in [5, 5.41) is 14.3. The number of carbonyl (C=O) groups is 1. The first-order chi connectivity index (χ1) is 14.7. The molecule has 3 heterocycles. The monoisotopic (exact) mass is 406 g/mol. The number of H-pyrrole nitrogens is 1. The van der Waals surface area contributed by atoms with Gasteiger partial charge in [0.2, 0.25) is 0 Å². The molecule has 154 valence electrons. The highest BCUT2D eigenvalue weighted by Crippen LogP contribution is 2.24. The minimum Gasteiger partial charge on any atom is -0.383 e. The van der Waals surface area contributed by atoms with Crippen molar-refractivity contribution in [3.63, 3.8) is 0 Å². The van der Waals surface area contributed by atoms with Gasteiger partial charge in [-0.05, 0) is 31.2 Å². The third kappa shape index (κ3) is 3.85. The van der Waals surface area contributed by atoms with Gasteiger partial charge in [-0.25, -0.2) is 14.5 Å². The average Bonchev–Trinajstić information content (AvgIpc) is 3.47. The SMILES string of the molecule is CCN(CCOC)C(=O)c1ccc(Nc2ncc(-c3cn[nH]c3)n3ncnc23)cc1. The highest BCUT2D eigenvalue weighted by atomic mass is 16.5. The second kappa shape index (κ2) is 8.70. The van der Waals surface area contributed by atoms with Gasteiger partial charge < -0.3 is 15.0 Å². The van der Waals surface area contributed by atoms with Crippen LogP contribution < -0.4 is 5.32 Å². The molecule has 4 rings (SSSR count). The summed E-state index contributed by atoms with van der Waals surface area (Å²) in [6, 6.07) is 7.27. The quantitative estimate of drug-likeness (QED) is 0.462. The molecule has 2 N–H and O–H groups in total. The summed E-state index contributed by atoms with van der Waals surface area (Å²) < 4.78 is 6.78. The van der Waals surface area contributed by atoms with E-state index in [2.05, 4.69) is 30.6 Å². The minimum absolute atomic E-state index is 0.0245. The van der Waals surface area contributed by atoms with Gasteiger partial charge in [0, 0.05) is 43.2 Å².